The van der Waals surface area contributed by atoms with Gasteiger partial charge in [-0.05, 0) is 117 Å². The summed E-state index contributed by atoms with van der Waals surface area (Å²) < 4.78 is 0. The highest BCUT2D eigenvalue weighted by Gasteiger charge is 2.71. The standard InChI is InChI=1S/C28H51NO4/c1-24(2)20-10-13-26(4)21(25(20,3)16-19(31)23(24)32)15-18(30)22-17(9-12-27(22,26)5)28(6,33)11-8-14-29-7/h17-23,29-33H,8-16H2,1-7H3/t17-,18+,19+,20-,21+,22-,23-,25-,26+,27+,28-/m0/s1. The van der Waals surface area contributed by atoms with Crippen LogP contribution in [0.15, 0.2) is 0 Å². The van der Waals surface area contributed by atoms with Crippen LogP contribution in [0.25, 0.3) is 0 Å². The summed E-state index contributed by atoms with van der Waals surface area (Å²) in [5, 5.41) is 48.2. The van der Waals surface area contributed by atoms with Crippen LogP contribution in [0.3, 0.4) is 0 Å². The molecule has 0 aromatic rings. The molecular weight excluding hydrogens is 414 g/mol. The van der Waals surface area contributed by atoms with Gasteiger partial charge in [0.25, 0.3) is 0 Å². The van der Waals surface area contributed by atoms with Gasteiger partial charge in [-0.25, -0.2) is 0 Å². The fourth-order valence-corrected chi connectivity index (χ4v) is 10.4. The van der Waals surface area contributed by atoms with Crippen LogP contribution < -0.4 is 5.32 Å². The molecule has 0 aliphatic heterocycles. The van der Waals surface area contributed by atoms with Crippen LogP contribution in [-0.4, -0.2) is 57.9 Å². The van der Waals surface area contributed by atoms with Crippen LogP contribution in [0.4, 0.5) is 0 Å². The summed E-state index contributed by atoms with van der Waals surface area (Å²) in [4.78, 5) is 0. The predicted octanol–water partition coefficient (Wildman–Crippen LogP) is 3.72. The van der Waals surface area contributed by atoms with Crippen LogP contribution in [0, 0.1) is 45.3 Å². The van der Waals surface area contributed by atoms with E-state index < -0.39 is 23.9 Å². The smallest absolute Gasteiger partial charge is 0.0852 e. The first kappa shape index (κ1) is 25.9. The average Bonchev–Trinajstić information content (AvgIpc) is 3.09. The van der Waals surface area contributed by atoms with Gasteiger partial charge in [0, 0.05) is 0 Å². The Morgan fingerprint density at radius 1 is 0.909 bits per heavy atom. The third-order valence-electron chi connectivity index (χ3n) is 12.2. The number of fused-ring (bicyclic) bond motifs is 5. The molecule has 0 heterocycles. The maximum Gasteiger partial charge on any atom is 0.0852 e. The van der Waals surface area contributed by atoms with Gasteiger partial charge in [-0.3, -0.25) is 0 Å². The zero-order valence-corrected chi connectivity index (χ0v) is 22.2. The second-order valence-electron chi connectivity index (χ2n) is 14.1. The summed E-state index contributed by atoms with van der Waals surface area (Å²) in [5.41, 5.74) is -1.21. The number of aliphatic hydroxyl groups is 4. The molecule has 192 valence electrons. The van der Waals surface area contributed by atoms with E-state index in [1.165, 1.54) is 0 Å². The Balaban J connectivity index is 1.69. The Morgan fingerprint density at radius 2 is 1.55 bits per heavy atom. The number of rotatable bonds is 5. The maximum absolute atomic E-state index is 11.7. The first-order valence-electron chi connectivity index (χ1n) is 13.6. The lowest BCUT2D eigenvalue weighted by molar-refractivity contribution is -0.263. The van der Waals surface area contributed by atoms with Gasteiger partial charge in [0.05, 0.1) is 23.9 Å². The molecule has 4 aliphatic carbocycles. The van der Waals surface area contributed by atoms with Gasteiger partial charge in [-0.1, -0.05) is 34.6 Å². The van der Waals surface area contributed by atoms with E-state index in [1.807, 2.05) is 14.0 Å². The molecule has 0 radical (unpaired) electrons. The van der Waals surface area contributed by atoms with Gasteiger partial charge in [-0.15, -0.1) is 0 Å². The van der Waals surface area contributed by atoms with E-state index in [4.69, 9.17) is 0 Å². The first-order chi connectivity index (χ1) is 15.2. The van der Waals surface area contributed by atoms with Crippen molar-refractivity contribution < 1.29 is 20.4 Å². The number of aliphatic hydroxyl groups excluding tert-OH is 3. The highest BCUT2D eigenvalue weighted by molar-refractivity contribution is 5.20. The molecule has 4 saturated carbocycles. The minimum absolute atomic E-state index is 0.0356. The van der Waals surface area contributed by atoms with E-state index in [0.29, 0.717) is 18.3 Å². The van der Waals surface area contributed by atoms with E-state index in [9.17, 15) is 20.4 Å². The maximum atomic E-state index is 11.7. The zero-order chi connectivity index (χ0) is 24.6. The van der Waals surface area contributed by atoms with E-state index in [-0.39, 0.29) is 33.5 Å². The van der Waals surface area contributed by atoms with Crippen LogP contribution in [0.5, 0.6) is 0 Å². The summed E-state index contributed by atoms with van der Waals surface area (Å²) >= 11 is 0. The van der Waals surface area contributed by atoms with Gasteiger partial charge in [0.2, 0.25) is 0 Å². The average molecular weight is 466 g/mol. The summed E-state index contributed by atoms with van der Waals surface area (Å²) in [6.07, 6.45) is 5.39. The minimum atomic E-state index is -0.766. The second kappa shape index (κ2) is 8.16. The van der Waals surface area contributed by atoms with Gasteiger partial charge in [0.1, 0.15) is 0 Å². The van der Waals surface area contributed by atoms with Crippen molar-refractivity contribution in [3.05, 3.63) is 0 Å². The van der Waals surface area contributed by atoms with E-state index >= 15 is 0 Å². The molecule has 5 N–H and O–H groups in total. The topological polar surface area (TPSA) is 93.0 Å². The fourth-order valence-electron chi connectivity index (χ4n) is 10.4. The van der Waals surface area contributed by atoms with Crippen LogP contribution in [-0.2, 0) is 0 Å². The summed E-state index contributed by atoms with van der Waals surface area (Å²) in [5.74, 6) is 0.855. The third-order valence-corrected chi connectivity index (χ3v) is 12.2. The van der Waals surface area contributed by atoms with Gasteiger partial charge in [-0.2, -0.15) is 0 Å². The molecule has 0 amide bonds. The van der Waals surface area contributed by atoms with Crippen molar-refractivity contribution >= 4 is 0 Å². The normalized spacial score (nSPS) is 53.0. The lowest BCUT2D eigenvalue weighted by atomic mass is 9.35. The molecular formula is C28H51NO4. The third kappa shape index (κ3) is 3.50. The van der Waals surface area contributed by atoms with E-state index in [2.05, 4.69) is 39.9 Å². The quantitative estimate of drug-likeness (QED) is 0.399. The predicted molar refractivity (Wildman–Crippen MR) is 132 cm³/mol. The molecule has 0 saturated heterocycles. The summed E-state index contributed by atoms with van der Waals surface area (Å²) in [6.45, 7) is 14.4. The highest BCUT2D eigenvalue weighted by atomic mass is 16.3. The second-order valence-corrected chi connectivity index (χ2v) is 14.1. The van der Waals surface area contributed by atoms with E-state index in [0.717, 1.165) is 51.5 Å². The van der Waals surface area contributed by atoms with Crippen molar-refractivity contribution in [2.45, 2.75) is 117 Å². The molecule has 0 aromatic heterocycles. The molecule has 11 atom stereocenters. The molecule has 4 rings (SSSR count). The Morgan fingerprint density at radius 3 is 2.18 bits per heavy atom. The molecule has 0 unspecified atom stereocenters. The van der Waals surface area contributed by atoms with Crippen molar-refractivity contribution in [3.8, 4) is 0 Å². The molecule has 5 nitrogen and oxygen atoms in total. The Kier molecular flexibility index (Phi) is 6.40. The van der Waals surface area contributed by atoms with Gasteiger partial charge < -0.3 is 25.7 Å². The number of hydrogen-bond acceptors (Lipinski definition) is 5. The molecule has 0 bridgehead atoms. The largest absolute Gasteiger partial charge is 0.393 e. The zero-order valence-electron chi connectivity index (χ0n) is 22.2. The SMILES string of the molecule is CNCCC[C@](C)(O)[C@H]1CC[C@]2(C)[C@@H]1[C@H](O)C[C@@H]1[C@@]3(C)C[C@@H](O)[C@H](O)C(C)(C)[C@@H]3CC[C@]12C. The lowest BCUT2D eigenvalue weighted by Crippen LogP contribution is -2.68. The van der Waals surface area contributed by atoms with Crippen molar-refractivity contribution in [1.29, 1.82) is 0 Å². The molecule has 0 aromatic carbocycles. The van der Waals surface area contributed by atoms with Crippen LogP contribution in [0.2, 0.25) is 0 Å². The summed E-state index contributed by atoms with van der Waals surface area (Å²) in [7, 11) is 1.95. The molecule has 0 spiro atoms. The van der Waals surface area contributed by atoms with Crippen LogP contribution in [0.1, 0.15) is 92.9 Å². The van der Waals surface area contributed by atoms with Gasteiger partial charge >= 0.3 is 0 Å². The monoisotopic (exact) mass is 465 g/mol. The van der Waals surface area contributed by atoms with E-state index in [1.54, 1.807) is 0 Å². The van der Waals surface area contributed by atoms with Crippen molar-refractivity contribution in [1.82, 2.24) is 5.32 Å². The Labute approximate surface area is 201 Å². The molecule has 4 aliphatic rings. The van der Waals surface area contributed by atoms with Gasteiger partial charge in [0.15, 0.2) is 0 Å². The fraction of sp³-hybridized carbons (Fsp3) is 1.00. The van der Waals surface area contributed by atoms with Crippen molar-refractivity contribution in [2.24, 2.45) is 45.3 Å². The van der Waals surface area contributed by atoms with Crippen LogP contribution >= 0.6 is 0 Å². The summed E-state index contributed by atoms with van der Waals surface area (Å²) in [6, 6.07) is 0. The highest BCUT2D eigenvalue weighted by Crippen LogP contribution is 2.75. The molecule has 5 heteroatoms. The molecule has 4 fully saturated rings. The Hall–Kier alpha value is -0.200. The number of nitrogens with one attached hydrogen (secondary N) is 1. The number of hydrogen-bond donors (Lipinski definition) is 5. The minimum Gasteiger partial charge on any atom is -0.393 e. The van der Waals surface area contributed by atoms with Crippen molar-refractivity contribution in [2.75, 3.05) is 13.6 Å². The van der Waals surface area contributed by atoms with Crippen molar-refractivity contribution in [3.63, 3.8) is 0 Å². The lowest BCUT2D eigenvalue weighted by Gasteiger charge is -2.71. The first-order valence-corrected chi connectivity index (χ1v) is 13.6. The molecule has 33 heavy (non-hydrogen) atoms. The Bertz CT molecular complexity index is 739.